The third-order valence-electron chi connectivity index (χ3n) is 2.63. The van der Waals surface area contributed by atoms with Crippen LogP contribution in [0.25, 0.3) is 0 Å². The number of hydrogen-bond acceptors (Lipinski definition) is 3. The molecule has 0 radical (unpaired) electrons. The molecule has 3 nitrogen and oxygen atoms in total. The Labute approximate surface area is 105 Å². The minimum atomic E-state index is -0.248. The number of carbonyl (C=O) groups is 1. The first-order valence-electron chi connectivity index (χ1n) is 5.66. The van der Waals surface area contributed by atoms with Gasteiger partial charge in [-0.05, 0) is 5.56 Å². The molecular formula is C15H13NO2. The molecule has 3 heteroatoms. The topological polar surface area (TPSA) is 49.7 Å². The first kappa shape index (κ1) is 12.0. The Bertz CT molecular complexity index is 547. The van der Waals surface area contributed by atoms with Crippen molar-refractivity contribution >= 4 is 11.5 Å². The van der Waals surface area contributed by atoms with Gasteiger partial charge in [-0.15, -0.1) is 0 Å². The van der Waals surface area contributed by atoms with E-state index < -0.39 is 0 Å². The average molecular weight is 239 g/mol. The summed E-state index contributed by atoms with van der Waals surface area (Å²) < 4.78 is 0. The molecule has 0 amide bonds. The van der Waals surface area contributed by atoms with E-state index in [1.54, 1.807) is 24.3 Å². The van der Waals surface area contributed by atoms with Crippen molar-refractivity contribution in [1.82, 2.24) is 0 Å². The number of ketones is 1. The van der Waals surface area contributed by atoms with Crippen molar-refractivity contribution in [2.45, 2.75) is 6.42 Å². The zero-order valence-electron chi connectivity index (χ0n) is 9.78. The molecule has 0 bridgehead atoms. The molecule has 0 saturated carbocycles. The Morgan fingerprint density at radius 1 is 0.944 bits per heavy atom. The van der Waals surface area contributed by atoms with Crippen molar-refractivity contribution in [3.63, 3.8) is 0 Å². The second kappa shape index (κ2) is 5.77. The van der Waals surface area contributed by atoms with Crippen LogP contribution in [-0.4, -0.2) is 16.7 Å². The van der Waals surface area contributed by atoms with E-state index in [1.807, 2.05) is 36.4 Å². The van der Waals surface area contributed by atoms with Gasteiger partial charge in [0.25, 0.3) is 0 Å². The van der Waals surface area contributed by atoms with Gasteiger partial charge in [0.2, 0.25) is 5.78 Å². The van der Waals surface area contributed by atoms with Crippen LogP contribution < -0.4 is 0 Å². The number of nitrogens with zero attached hydrogens (tertiary/aromatic N) is 1. The molecule has 0 saturated heterocycles. The molecule has 0 aliphatic heterocycles. The summed E-state index contributed by atoms with van der Waals surface area (Å²) in [5, 5.41) is 12.1. The van der Waals surface area contributed by atoms with E-state index in [4.69, 9.17) is 5.21 Å². The first-order valence-corrected chi connectivity index (χ1v) is 5.66. The second-order valence-corrected chi connectivity index (χ2v) is 3.90. The third-order valence-corrected chi connectivity index (χ3v) is 2.63. The molecular weight excluding hydrogens is 226 g/mol. The van der Waals surface area contributed by atoms with Crippen molar-refractivity contribution in [2.75, 3.05) is 0 Å². The number of carbonyl (C=O) groups excluding carboxylic acids is 1. The van der Waals surface area contributed by atoms with Crippen LogP contribution in [0.1, 0.15) is 15.9 Å². The molecule has 2 aromatic rings. The minimum Gasteiger partial charge on any atom is -0.411 e. The van der Waals surface area contributed by atoms with Gasteiger partial charge in [-0.25, -0.2) is 0 Å². The van der Waals surface area contributed by atoms with Crippen molar-refractivity contribution in [3.8, 4) is 0 Å². The lowest BCUT2D eigenvalue weighted by Gasteiger charge is -2.04. The fourth-order valence-corrected chi connectivity index (χ4v) is 1.71. The number of Topliss-reactive ketones (excluding diaryl/α,β-unsaturated/α-hetero) is 1. The molecule has 0 aliphatic carbocycles. The van der Waals surface area contributed by atoms with Crippen LogP contribution in [0.5, 0.6) is 0 Å². The quantitative estimate of drug-likeness (QED) is 0.386. The maximum atomic E-state index is 12.1. The van der Waals surface area contributed by atoms with E-state index in [1.165, 1.54) is 0 Å². The van der Waals surface area contributed by atoms with E-state index in [0.29, 0.717) is 12.0 Å². The predicted molar refractivity (Wildman–Crippen MR) is 70.1 cm³/mol. The summed E-state index contributed by atoms with van der Waals surface area (Å²) in [5.74, 6) is -0.248. The fraction of sp³-hybridized carbons (Fsp3) is 0.0667. The molecule has 2 aromatic carbocycles. The zero-order valence-corrected chi connectivity index (χ0v) is 9.78. The van der Waals surface area contributed by atoms with E-state index in [-0.39, 0.29) is 11.5 Å². The molecule has 2 rings (SSSR count). The van der Waals surface area contributed by atoms with Crippen LogP contribution in [0.2, 0.25) is 0 Å². The summed E-state index contributed by atoms with van der Waals surface area (Å²) in [6.45, 7) is 0. The number of hydrogen-bond donors (Lipinski definition) is 1. The van der Waals surface area contributed by atoms with Crippen LogP contribution in [0, 0.1) is 0 Å². The van der Waals surface area contributed by atoms with E-state index >= 15 is 0 Å². The van der Waals surface area contributed by atoms with E-state index in [0.717, 1.165) is 5.56 Å². The summed E-state index contributed by atoms with van der Waals surface area (Å²) in [6.07, 6.45) is 0.324. The average Bonchev–Trinajstić information content (AvgIpc) is 2.46. The largest absolute Gasteiger partial charge is 0.411 e. The molecule has 0 spiro atoms. The van der Waals surface area contributed by atoms with Crippen LogP contribution in [0.4, 0.5) is 0 Å². The van der Waals surface area contributed by atoms with Gasteiger partial charge in [-0.1, -0.05) is 65.8 Å². The van der Waals surface area contributed by atoms with Gasteiger partial charge in [0.1, 0.15) is 5.71 Å². The number of benzene rings is 2. The Hall–Kier alpha value is -2.42. The maximum absolute atomic E-state index is 12.1. The van der Waals surface area contributed by atoms with E-state index in [2.05, 4.69) is 5.16 Å². The van der Waals surface area contributed by atoms with Gasteiger partial charge in [0, 0.05) is 12.0 Å². The van der Waals surface area contributed by atoms with Crippen molar-refractivity contribution < 1.29 is 10.0 Å². The summed E-state index contributed by atoms with van der Waals surface area (Å²) in [7, 11) is 0. The molecule has 18 heavy (non-hydrogen) atoms. The maximum Gasteiger partial charge on any atom is 0.210 e. The van der Waals surface area contributed by atoms with Gasteiger partial charge in [-0.2, -0.15) is 0 Å². The van der Waals surface area contributed by atoms with Crippen molar-refractivity contribution in [2.24, 2.45) is 5.16 Å². The van der Waals surface area contributed by atoms with Gasteiger partial charge < -0.3 is 5.21 Å². The van der Waals surface area contributed by atoms with Crippen LogP contribution in [0.15, 0.2) is 65.8 Å². The monoisotopic (exact) mass is 239 g/mol. The van der Waals surface area contributed by atoms with Crippen molar-refractivity contribution in [1.29, 1.82) is 0 Å². The van der Waals surface area contributed by atoms with Crippen LogP contribution in [-0.2, 0) is 6.42 Å². The summed E-state index contributed by atoms with van der Waals surface area (Å²) in [6, 6.07) is 18.3. The van der Waals surface area contributed by atoms with E-state index in [9.17, 15) is 4.79 Å². The molecule has 1 N–H and O–H groups in total. The molecule has 0 heterocycles. The lowest BCUT2D eigenvalue weighted by Crippen LogP contribution is -2.17. The molecule has 0 fully saturated rings. The first-order chi connectivity index (χ1) is 8.81. The second-order valence-electron chi connectivity index (χ2n) is 3.90. The molecule has 0 aliphatic rings. The lowest BCUT2D eigenvalue weighted by atomic mass is 10.0. The van der Waals surface area contributed by atoms with Gasteiger partial charge in [0.05, 0.1) is 0 Å². The highest BCUT2D eigenvalue weighted by molar-refractivity contribution is 6.46. The van der Waals surface area contributed by atoms with Crippen LogP contribution >= 0.6 is 0 Å². The lowest BCUT2D eigenvalue weighted by molar-refractivity contribution is 0.106. The standard InChI is InChI=1S/C15H13NO2/c17-15(13-9-5-2-6-10-13)14(16-18)11-12-7-3-1-4-8-12/h1-10,18H,11H2. The Balaban J connectivity index is 2.18. The Kier molecular flexibility index (Phi) is 3.86. The highest BCUT2D eigenvalue weighted by atomic mass is 16.4. The predicted octanol–water partition coefficient (Wildman–Crippen LogP) is 2.94. The minimum absolute atomic E-state index is 0.146. The zero-order chi connectivity index (χ0) is 12.8. The Morgan fingerprint density at radius 3 is 2.06 bits per heavy atom. The number of rotatable bonds is 4. The SMILES string of the molecule is O=C(C(Cc1ccccc1)=NO)c1ccccc1. The highest BCUT2D eigenvalue weighted by Gasteiger charge is 2.14. The summed E-state index contributed by atoms with van der Waals surface area (Å²) >= 11 is 0. The molecule has 0 aromatic heterocycles. The van der Waals surface area contributed by atoms with Gasteiger partial charge in [0.15, 0.2) is 0 Å². The summed E-state index contributed by atoms with van der Waals surface area (Å²) in [4.78, 5) is 12.1. The fourth-order valence-electron chi connectivity index (χ4n) is 1.71. The normalized spacial score (nSPS) is 11.2. The van der Waals surface area contributed by atoms with Gasteiger partial charge >= 0.3 is 0 Å². The number of oxime groups is 1. The van der Waals surface area contributed by atoms with Crippen molar-refractivity contribution in [3.05, 3.63) is 71.8 Å². The molecule has 90 valence electrons. The Morgan fingerprint density at radius 2 is 1.50 bits per heavy atom. The molecule has 0 unspecified atom stereocenters. The smallest absolute Gasteiger partial charge is 0.210 e. The summed E-state index contributed by atoms with van der Waals surface area (Å²) in [5.41, 5.74) is 1.61. The highest BCUT2D eigenvalue weighted by Crippen LogP contribution is 2.07. The third kappa shape index (κ3) is 2.83. The van der Waals surface area contributed by atoms with Crippen LogP contribution in [0.3, 0.4) is 0 Å². The van der Waals surface area contributed by atoms with Gasteiger partial charge in [-0.3, -0.25) is 4.79 Å². The molecule has 0 atom stereocenters.